The number of primary amides is 1. The maximum atomic E-state index is 12.3. The molecule has 160 valence electrons. The van der Waals surface area contributed by atoms with E-state index in [4.69, 9.17) is 17.3 Å². The van der Waals surface area contributed by atoms with E-state index in [9.17, 15) is 9.59 Å². The van der Waals surface area contributed by atoms with Gasteiger partial charge in [0.2, 0.25) is 11.8 Å². The Morgan fingerprint density at radius 2 is 1.77 bits per heavy atom. The van der Waals surface area contributed by atoms with Gasteiger partial charge in [-0.05, 0) is 75.1 Å². The van der Waals surface area contributed by atoms with Gasteiger partial charge in [-0.1, -0.05) is 42.6 Å². The molecule has 1 aliphatic heterocycles. The lowest BCUT2D eigenvalue weighted by atomic mass is 10.0. The standard InChI is InChI=1S/C24H30ClN3O2/c25-22-17-20(11-12-21(22)18-8-7-9-19(16-18)24(26)30)27-23(29)10-3-6-15-28-13-4-1-2-5-14-28/h7-9,11-12,16-17H,1-6,10,13-15H2,(H2,26,30)(H,27,29). The van der Waals surface area contributed by atoms with Crippen LogP contribution >= 0.6 is 11.6 Å². The first-order valence-corrected chi connectivity index (χ1v) is 11.1. The van der Waals surface area contributed by atoms with Crippen LogP contribution in [0.15, 0.2) is 42.5 Å². The third-order valence-electron chi connectivity index (χ3n) is 5.54. The van der Waals surface area contributed by atoms with Crippen LogP contribution in [0.1, 0.15) is 55.3 Å². The van der Waals surface area contributed by atoms with E-state index in [0.29, 0.717) is 22.7 Å². The van der Waals surface area contributed by atoms with Crippen LogP contribution in [-0.4, -0.2) is 36.3 Å². The number of halogens is 1. The molecule has 30 heavy (non-hydrogen) atoms. The molecule has 0 bridgehead atoms. The second kappa shape index (κ2) is 11.1. The Balaban J connectivity index is 1.49. The van der Waals surface area contributed by atoms with Crippen LogP contribution in [-0.2, 0) is 4.79 Å². The fourth-order valence-corrected chi connectivity index (χ4v) is 4.16. The van der Waals surface area contributed by atoms with Crippen molar-refractivity contribution < 1.29 is 9.59 Å². The van der Waals surface area contributed by atoms with Gasteiger partial charge in [0.05, 0.1) is 5.02 Å². The van der Waals surface area contributed by atoms with Crippen LogP contribution < -0.4 is 11.1 Å². The predicted octanol–water partition coefficient (Wildman–Crippen LogP) is 5.09. The summed E-state index contributed by atoms with van der Waals surface area (Å²) >= 11 is 6.43. The van der Waals surface area contributed by atoms with Gasteiger partial charge in [0, 0.05) is 23.2 Å². The molecule has 0 spiro atoms. The number of carbonyl (C=O) groups is 2. The highest BCUT2D eigenvalue weighted by atomic mass is 35.5. The lowest BCUT2D eigenvalue weighted by Gasteiger charge is -2.19. The fourth-order valence-electron chi connectivity index (χ4n) is 3.87. The van der Waals surface area contributed by atoms with Crippen molar-refractivity contribution in [3.63, 3.8) is 0 Å². The van der Waals surface area contributed by atoms with Crippen molar-refractivity contribution in [3.05, 3.63) is 53.1 Å². The summed E-state index contributed by atoms with van der Waals surface area (Å²) < 4.78 is 0. The number of carbonyl (C=O) groups excluding carboxylic acids is 2. The number of likely N-dealkylation sites (tertiary alicyclic amines) is 1. The van der Waals surface area contributed by atoms with Crippen LogP contribution in [0.4, 0.5) is 5.69 Å². The molecule has 0 radical (unpaired) electrons. The Labute approximate surface area is 183 Å². The minimum Gasteiger partial charge on any atom is -0.366 e. The van der Waals surface area contributed by atoms with Crippen molar-refractivity contribution in [1.29, 1.82) is 0 Å². The van der Waals surface area contributed by atoms with Gasteiger partial charge < -0.3 is 16.0 Å². The Kier molecular flexibility index (Phi) is 8.29. The summed E-state index contributed by atoms with van der Waals surface area (Å²) in [7, 11) is 0. The number of amides is 2. The van der Waals surface area contributed by atoms with E-state index >= 15 is 0 Å². The first-order valence-electron chi connectivity index (χ1n) is 10.7. The Morgan fingerprint density at radius 3 is 2.47 bits per heavy atom. The molecule has 5 nitrogen and oxygen atoms in total. The maximum Gasteiger partial charge on any atom is 0.248 e. The number of nitrogens with two attached hydrogens (primary N) is 1. The highest BCUT2D eigenvalue weighted by molar-refractivity contribution is 6.33. The number of benzene rings is 2. The largest absolute Gasteiger partial charge is 0.366 e. The number of unbranched alkanes of at least 4 members (excludes halogenated alkanes) is 1. The first kappa shape index (κ1) is 22.3. The fraction of sp³-hybridized carbons (Fsp3) is 0.417. The van der Waals surface area contributed by atoms with Crippen LogP contribution in [0.25, 0.3) is 11.1 Å². The monoisotopic (exact) mass is 427 g/mol. The molecular weight excluding hydrogens is 398 g/mol. The first-order chi connectivity index (χ1) is 14.5. The number of rotatable bonds is 8. The summed E-state index contributed by atoms with van der Waals surface area (Å²) in [5.74, 6) is -0.474. The average molecular weight is 428 g/mol. The molecular formula is C24H30ClN3O2. The Bertz CT molecular complexity index is 877. The molecule has 1 aliphatic rings. The van der Waals surface area contributed by atoms with Crippen molar-refractivity contribution in [1.82, 2.24) is 4.90 Å². The van der Waals surface area contributed by atoms with Gasteiger partial charge in [-0.3, -0.25) is 9.59 Å². The molecule has 3 N–H and O–H groups in total. The van der Waals surface area contributed by atoms with Gasteiger partial charge in [0.15, 0.2) is 0 Å². The third kappa shape index (κ3) is 6.57. The van der Waals surface area contributed by atoms with Gasteiger partial charge in [-0.2, -0.15) is 0 Å². The molecule has 2 aromatic rings. The molecule has 0 unspecified atom stereocenters. The maximum absolute atomic E-state index is 12.3. The number of anilines is 1. The van der Waals surface area contributed by atoms with Crippen LogP contribution in [0.3, 0.4) is 0 Å². The smallest absolute Gasteiger partial charge is 0.248 e. The molecule has 6 heteroatoms. The quantitative estimate of drug-likeness (QED) is 0.576. The normalized spacial score (nSPS) is 14.8. The molecule has 1 saturated heterocycles. The number of hydrogen-bond acceptors (Lipinski definition) is 3. The summed E-state index contributed by atoms with van der Waals surface area (Å²) in [5, 5.41) is 3.44. The molecule has 2 amide bonds. The highest BCUT2D eigenvalue weighted by Gasteiger charge is 2.11. The van der Waals surface area contributed by atoms with Gasteiger partial charge >= 0.3 is 0 Å². The van der Waals surface area contributed by atoms with Gasteiger partial charge in [-0.15, -0.1) is 0 Å². The van der Waals surface area contributed by atoms with Gasteiger partial charge in [-0.25, -0.2) is 0 Å². The van der Waals surface area contributed by atoms with E-state index in [0.717, 1.165) is 30.5 Å². The topological polar surface area (TPSA) is 75.4 Å². The summed E-state index contributed by atoms with van der Waals surface area (Å²) in [5.41, 5.74) is 8.06. The van der Waals surface area contributed by atoms with Crippen LogP contribution in [0, 0.1) is 0 Å². The molecule has 0 saturated carbocycles. The minimum atomic E-state index is -0.479. The Hall–Kier alpha value is -2.37. The summed E-state index contributed by atoms with van der Waals surface area (Å²) in [6.45, 7) is 3.47. The van der Waals surface area contributed by atoms with E-state index < -0.39 is 5.91 Å². The lowest BCUT2D eigenvalue weighted by molar-refractivity contribution is -0.116. The molecule has 1 fully saturated rings. The molecule has 2 aromatic carbocycles. The molecule has 0 atom stereocenters. The molecule has 3 rings (SSSR count). The Morgan fingerprint density at radius 1 is 1.00 bits per heavy atom. The molecule has 1 heterocycles. The highest BCUT2D eigenvalue weighted by Crippen LogP contribution is 2.31. The molecule has 0 aliphatic carbocycles. The second-order valence-electron chi connectivity index (χ2n) is 7.90. The van der Waals surface area contributed by atoms with Crippen molar-refractivity contribution in [2.24, 2.45) is 5.73 Å². The number of nitrogens with one attached hydrogen (secondary N) is 1. The average Bonchev–Trinajstić information content (AvgIpc) is 3.00. The predicted molar refractivity (Wildman–Crippen MR) is 123 cm³/mol. The number of nitrogens with zero attached hydrogens (tertiary/aromatic N) is 1. The minimum absolute atomic E-state index is 0.00501. The van der Waals surface area contributed by atoms with E-state index in [2.05, 4.69) is 10.2 Å². The lowest BCUT2D eigenvalue weighted by Crippen LogP contribution is -2.25. The van der Waals surface area contributed by atoms with E-state index in [1.54, 1.807) is 24.3 Å². The summed E-state index contributed by atoms with van der Waals surface area (Å²) in [6, 6.07) is 12.4. The van der Waals surface area contributed by atoms with Crippen molar-refractivity contribution in [2.45, 2.75) is 44.9 Å². The summed E-state index contributed by atoms with van der Waals surface area (Å²) in [4.78, 5) is 26.2. The zero-order chi connectivity index (χ0) is 21.3. The van der Waals surface area contributed by atoms with Gasteiger partial charge in [0.1, 0.15) is 0 Å². The van der Waals surface area contributed by atoms with E-state index in [1.165, 1.54) is 38.8 Å². The van der Waals surface area contributed by atoms with Crippen LogP contribution in [0.5, 0.6) is 0 Å². The van der Waals surface area contributed by atoms with Gasteiger partial charge in [0.25, 0.3) is 0 Å². The number of hydrogen-bond donors (Lipinski definition) is 2. The van der Waals surface area contributed by atoms with E-state index in [1.807, 2.05) is 18.2 Å². The second-order valence-corrected chi connectivity index (χ2v) is 8.31. The van der Waals surface area contributed by atoms with E-state index in [-0.39, 0.29) is 5.91 Å². The zero-order valence-corrected chi connectivity index (χ0v) is 18.1. The zero-order valence-electron chi connectivity index (χ0n) is 17.3. The van der Waals surface area contributed by atoms with Crippen molar-refractivity contribution in [3.8, 4) is 11.1 Å². The SMILES string of the molecule is NC(=O)c1cccc(-c2ccc(NC(=O)CCCCN3CCCCCC3)cc2Cl)c1. The summed E-state index contributed by atoms with van der Waals surface area (Å²) in [6.07, 6.45) is 7.72. The van der Waals surface area contributed by atoms with Crippen LogP contribution in [0.2, 0.25) is 5.02 Å². The third-order valence-corrected chi connectivity index (χ3v) is 5.85. The van der Waals surface area contributed by atoms with Crippen molar-refractivity contribution in [2.75, 3.05) is 25.0 Å². The molecule has 0 aromatic heterocycles. The van der Waals surface area contributed by atoms with Crippen molar-refractivity contribution >= 4 is 29.1 Å².